The fraction of sp³-hybridized carbons (Fsp3) is 0.500. The van der Waals surface area contributed by atoms with Gasteiger partial charge in [-0.05, 0) is 49.5 Å². The Morgan fingerprint density at radius 1 is 1.39 bits per heavy atom. The summed E-state index contributed by atoms with van der Waals surface area (Å²) in [5, 5.41) is 3.37. The third-order valence-electron chi connectivity index (χ3n) is 3.80. The van der Waals surface area contributed by atoms with Crippen LogP contribution in [0.1, 0.15) is 30.3 Å². The van der Waals surface area contributed by atoms with Gasteiger partial charge in [-0.3, -0.25) is 0 Å². The van der Waals surface area contributed by atoms with Gasteiger partial charge in [0.2, 0.25) is 0 Å². The maximum absolute atomic E-state index is 6.38. The fourth-order valence-corrected chi connectivity index (χ4v) is 2.74. The summed E-state index contributed by atoms with van der Waals surface area (Å²) in [6.45, 7) is 4.01. The quantitative estimate of drug-likeness (QED) is 0.850. The number of aryl methyl sites for hydroxylation is 1. The molecule has 3 N–H and O–H groups in total. The Bertz CT molecular complexity index is 543. The first-order valence-electron chi connectivity index (χ1n) is 6.57. The molecule has 1 atom stereocenters. The summed E-state index contributed by atoms with van der Waals surface area (Å²) in [5.41, 5.74) is 9.30. The Balaban J connectivity index is 1.88. The zero-order valence-electron chi connectivity index (χ0n) is 10.6. The number of hydrogen-bond donors (Lipinski definition) is 2. The Morgan fingerprint density at radius 2 is 2.17 bits per heavy atom. The molecule has 1 unspecified atom stereocenters. The van der Waals surface area contributed by atoms with Crippen molar-refractivity contribution in [3.63, 3.8) is 0 Å². The number of benzene rings is 1. The average molecular weight is 245 g/mol. The molecule has 1 aromatic carbocycles. The second-order valence-corrected chi connectivity index (χ2v) is 5.07. The molecule has 1 aliphatic rings. The highest BCUT2D eigenvalue weighted by atomic mass is 16.3. The predicted molar refractivity (Wildman–Crippen MR) is 71.3 cm³/mol. The summed E-state index contributed by atoms with van der Waals surface area (Å²) in [7, 11) is 0. The van der Waals surface area contributed by atoms with Crippen molar-refractivity contribution in [2.75, 3.05) is 13.1 Å². The number of aromatic nitrogens is 1. The molecule has 0 amide bonds. The molecule has 3 rings (SSSR count). The molecule has 4 nitrogen and oxygen atoms in total. The van der Waals surface area contributed by atoms with Gasteiger partial charge in [-0.1, -0.05) is 6.07 Å². The minimum Gasteiger partial charge on any atom is -0.441 e. The minimum atomic E-state index is 0.105. The van der Waals surface area contributed by atoms with Crippen LogP contribution in [-0.2, 0) is 0 Å². The van der Waals surface area contributed by atoms with Gasteiger partial charge in [-0.25, -0.2) is 4.98 Å². The van der Waals surface area contributed by atoms with Crippen LogP contribution in [0.3, 0.4) is 0 Å². The Hall–Kier alpha value is -1.39. The van der Waals surface area contributed by atoms with E-state index in [0.29, 0.717) is 11.8 Å². The van der Waals surface area contributed by atoms with E-state index in [4.69, 9.17) is 10.2 Å². The largest absolute Gasteiger partial charge is 0.441 e. The number of nitrogens with zero attached hydrogens (tertiary/aromatic N) is 1. The maximum atomic E-state index is 6.38. The van der Waals surface area contributed by atoms with E-state index in [-0.39, 0.29) is 6.04 Å². The smallest absolute Gasteiger partial charge is 0.192 e. The monoisotopic (exact) mass is 245 g/mol. The van der Waals surface area contributed by atoms with Gasteiger partial charge in [0.1, 0.15) is 5.52 Å². The van der Waals surface area contributed by atoms with Gasteiger partial charge in [-0.2, -0.15) is 0 Å². The predicted octanol–water partition coefficient (Wildman–Crippen LogP) is 2.14. The van der Waals surface area contributed by atoms with Crippen LogP contribution >= 0.6 is 0 Å². The molecule has 1 saturated heterocycles. The van der Waals surface area contributed by atoms with Crippen LogP contribution < -0.4 is 11.1 Å². The number of piperidine rings is 1. The van der Waals surface area contributed by atoms with Crippen LogP contribution in [0.25, 0.3) is 11.1 Å². The summed E-state index contributed by atoms with van der Waals surface area (Å²) in [4.78, 5) is 4.37. The second kappa shape index (κ2) is 4.71. The molecule has 2 heterocycles. The van der Waals surface area contributed by atoms with Crippen LogP contribution in [0.4, 0.5) is 0 Å². The number of nitrogens with two attached hydrogens (primary N) is 1. The van der Waals surface area contributed by atoms with Crippen molar-refractivity contribution in [2.24, 2.45) is 11.7 Å². The molecule has 0 bridgehead atoms. The van der Waals surface area contributed by atoms with Crippen molar-refractivity contribution in [1.29, 1.82) is 0 Å². The zero-order chi connectivity index (χ0) is 12.5. The van der Waals surface area contributed by atoms with Crippen LogP contribution in [0.5, 0.6) is 0 Å². The van der Waals surface area contributed by atoms with Gasteiger partial charge in [0.25, 0.3) is 0 Å². The van der Waals surface area contributed by atoms with Crippen molar-refractivity contribution in [2.45, 2.75) is 25.8 Å². The molecule has 0 aliphatic carbocycles. The zero-order valence-corrected chi connectivity index (χ0v) is 10.6. The molecule has 2 aromatic rings. The summed E-state index contributed by atoms with van der Waals surface area (Å²) in [5.74, 6) is 1.27. The standard InChI is InChI=1S/C14H19N3O/c1-9-17-12-8-11(2-3-13(12)18-9)14(15)10-4-6-16-7-5-10/h2-3,8,10,14,16H,4-7,15H2,1H3. The highest BCUT2D eigenvalue weighted by Crippen LogP contribution is 2.28. The molecule has 4 heteroatoms. The molecule has 1 aliphatic heterocycles. The van der Waals surface area contributed by atoms with Crippen molar-refractivity contribution in [3.8, 4) is 0 Å². The molecular weight excluding hydrogens is 226 g/mol. The first kappa shape index (κ1) is 11.7. The SMILES string of the molecule is Cc1nc2cc(C(N)C3CCNCC3)ccc2o1. The van der Waals surface area contributed by atoms with E-state index in [1.165, 1.54) is 5.56 Å². The van der Waals surface area contributed by atoms with Gasteiger partial charge in [0, 0.05) is 13.0 Å². The van der Waals surface area contributed by atoms with E-state index in [1.807, 2.05) is 13.0 Å². The van der Waals surface area contributed by atoms with Gasteiger partial charge < -0.3 is 15.5 Å². The van der Waals surface area contributed by atoms with E-state index < -0.39 is 0 Å². The van der Waals surface area contributed by atoms with Gasteiger partial charge in [0.15, 0.2) is 11.5 Å². The summed E-state index contributed by atoms with van der Waals surface area (Å²) in [6, 6.07) is 6.22. The third kappa shape index (κ3) is 2.13. The minimum absolute atomic E-state index is 0.105. The van der Waals surface area contributed by atoms with E-state index in [0.717, 1.165) is 37.0 Å². The molecule has 1 aromatic heterocycles. The number of hydrogen-bond acceptors (Lipinski definition) is 4. The van der Waals surface area contributed by atoms with Crippen LogP contribution in [-0.4, -0.2) is 18.1 Å². The van der Waals surface area contributed by atoms with Crippen molar-refractivity contribution >= 4 is 11.1 Å². The fourth-order valence-electron chi connectivity index (χ4n) is 2.74. The van der Waals surface area contributed by atoms with E-state index in [9.17, 15) is 0 Å². The highest BCUT2D eigenvalue weighted by Gasteiger charge is 2.22. The van der Waals surface area contributed by atoms with Crippen molar-refractivity contribution in [1.82, 2.24) is 10.3 Å². The van der Waals surface area contributed by atoms with E-state index in [1.54, 1.807) is 0 Å². The average Bonchev–Trinajstić information content (AvgIpc) is 2.78. The van der Waals surface area contributed by atoms with Crippen molar-refractivity contribution in [3.05, 3.63) is 29.7 Å². The highest BCUT2D eigenvalue weighted by molar-refractivity contribution is 5.73. The maximum Gasteiger partial charge on any atom is 0.192 e. The molecule has 96 valence electrons. The molecule has 0 spiro atoms. The second-order valence-electron chi connectivity index (χ2n) is 5.07. The van der Waals surface area contributed by atoms with E-state index >= 15 is 0 Å². The number of nitrogens with one attached hydrogen (secondary N) is 1. The number of rotatable bonds is 2. The molecule has 18 heavy (non-hydrogen) atoms. The molecule has 0 saturated carbocycles. The first-order valence-corrected chi connectivity index (χ1v) is 6.57. The van der Waals surface area contributed by atoms with Gasteiger partial charge in [0.05, 0.1) is 0 Å². The Labute approximate surface area is 107 Å². The lowest BCUT2D eigenvalue weighted by molar-refractivity contribution is 0.322. The number of fused-ring (bicyclic) bond motifs is 1. The summed E-state index contributed by atoms with van der Waals surface area (Å²) >= 11 is 0. The van der Waals surface area contributed by atoms with Crippen LogP contribution in [0, 0.1) is 12.8 Å². The molecule has 0 radical (unpaired) electrons. The lowest BCUT2D eigenvalue weighted by atomic mass is 9.86. The molecular formula is C14H19N3O. The Morgan fingerprint density at radius 3 is 2.94 bits per heavy atom. The van der Waals surface area contributed by atoms with Crippen LogP contribution in [0.15, 0.2) is 22.6 Å². The third-order valence-corrected chi connectivity index (χ3v) is 3.80. The van der Waals surface area contributed by atoms with Crippen molar-refractivity contribution < 1.29 is 4.42 Å². The lowest BCUT2D eigenvalue weighted by Crippen LogP contribution is -2.33. The Kier molecular flexibility index (Phi) is 3.06. The topological polar surface area (TPSA) is 64.1 Å². The van der Waals surface area contributed by atoms with Gasteiger partial charge >= 0.3 is 0 Å². The summed E-state index contributed by atoms with van der Waals surface area (Å²) < 4.78 is 5.49. The summed E-state index contributed by atoms with van der Waals surface area (Å²) in [6.07, 6.45) is 2.30. The number of oxazole rings is 1. The lowest BCUT2D eigenvalue weighted by Gasteiger charge is -2.28. The van der Waals surface area contributed by atoms with Gasteiger partial charge in [-0.15, -0.1) is 0 Å². The molecule has 1 fully saturated rings. The normalized spacial score (nSPS) is 19.2. The van der Waals surface area contributed by atoms with Crippen LogP contribution in [0.2, 0.25) is 0 Å². The first-order chi connectivity index (χ1) is 8.74. The van der Waals surface area contributed by atoms with E-state index in [2.05, 4.69) is 22.4 Å².